The molecule has 0 saturated carbocycles. The van der Waals surface area contributed by atoms with E-state index in [0.29, 0.717) is 33.6 Å². The van der Waals surface area contributed by atoms with Crippen LogP contribution in [0.3, 0.4) is 0 Å². The number of pyridine rings is 1. The number of hydrogen-bond donors (Lipinski definition) is 1. The summed E-state index contributed by atoms with van der Waals surface area (Å²) in [5.74, 6) is 0.912. The maximum Gasteiger partial charge on any atom is 0.255 e. The maximum absolute atomic E-state index is 12.9. The number of carbonyl (C=O) groups excluding carboxylic acids is 1. The van der Waals surface area contributed by atoms with Crippen LogP contribution in [0.5, 0.6) is 0 Å². The third-order valence-corrected chi connectivity index (χ3v) is 6.38. The highest BCUT2D eigenvalue weighted by Crippen LogP contribution is 2.29. The van der Waals surface area contributed by atoms with E-state index in [2.05, 4.69) is 43.3 Å². The second kappa shape index (κ2) is 9.52. The highest BCUT2D eigenvalue weighted by molar-refractivity contribution is 6.30. The van der Waals surface area contributed by atoms with Crippen molar-refractivity contribution in [2.45, 2.75) is 0 Å². The molecule has 0 aliphatic carbocycles. The third kappa shape index (κ3) is 4.78. The zero-order valence-electron chi connectivity index (χ0n) is 19.9. The number of anilines is 3. The van der Waals surface area contributed by atoms with Crippen LogP contribution in [0, 0.1) is 0 Å². The van der Waals surface area contributed by atoms with Crippen molar-refractivity contribution < 1.29 is 4.79 Å². The Balaban J connectivity index is 1.46. The molecule has 1 aliphatic heterocycles. The summed E-state index contributed by atoms with van der Waals surface area (Å²) in [6.45, 7) is 4.05. The highest BCUT2D eigenvalue weighted by Gasteiger charge is 2.21. The highest BCUT2D eigenvalue weighted by atomic mass is 35.5. The minimum absolute atomic E-state index is 0.115. The molecular formula is C25H27ClN8O. The number of rotatable bonds is 5. The molecule has 0 unspecified atom stereocenters. The molecule has 1 saturated heterocycles. The average Bonchev–Trinajstić information content (AvgIpc) is 3.24. The number of aromatic nitrogens is 4. The van der Waals surface area contributed by atoms with Crippen molar-refractivity contribution in [2.24, 2.45) is 0 Å². The molecule has 1 aliphatic rings. The lowest BCUT2D eigenvalue weighted by Gasteiger charge is -2.33. The number of piperazine rings is 1. The first kappa shape index (κ1) is 23.1. The van der Waals surface area contributed by atoms with Crippen LogP contribution >= 0.6 is 11.6 Å². The van der Waals surface area contributed by atoms with Crippen LogP contribution in [0.25, 0.3) is 16.8 Å². The summed E-state index contributed by atoms with van der Waals surface area (Å²) in [5, 5.41) is 8.50. The van der Waals surface area contributed by atoms with Crippen LogP contribution in [0.4, 0.5) is 17.5 Å². The molecule has 1 aromatic carbocycles. The summed E-state index contributed by atoms with van der Waals surface area (Å²) >= 11 is 6.10. The van der Waals surface area contributed by atoms with Gasteiger partial charge in [-0.05, 0) is 37.4 Å². The lowest BCUT2D eigenvalue weighted by Crippen LogP contribution is -2.44. The molecule has 180 valence electrons. The zero-order valence-corrected chi connectivity index (χ0v) is 20.7. The minimum atomic E-state index is -0.115. The largest absolute Gasteiger partial charge is 0.368 e. The van der Waals surface area contributed by atoms with Gasteiger partial charge in [-0.1, -0.05) is 23.7 Å². The summed E-state index contributed by atoms with van der Waals surface area (Å²) < 4.78 is 1.73. The summed E-state index contributed by atoms with van der Waals surface area (Å²) in [5.41, 5.74) is 3.86. The molecular weight excluding hydrogens is 464 g/mol. The lowest BCUT2D eigenvalue weighted by molar-refractivity contribution is 0.0828. The Morgan fingerprint density at radius 1 is 1.00 bits per heavy atom. The van der Waals surface area contributed by atoms with Crippen LogP contribution in [-0.4, -0.2) is 82.6 Å². The van der Waals surface area contributed by atoms with Crippen molar-refractivity contribution in [3.8, 4) is 11.3 Å². The number of hydrogen-bond acceptors (Lipinski definition) is 7. The molecule has 10 heteroatoms. The summed E-state index contributed by atoms with van der Waals surface area (Å²) in [6.07, 6.45) is 3.56. The van der Waals surface area contributed by atoms with E-state index >= 15 is 0 Å². The standard InChI is InChI=1S/C25H27ClN8O/c1-31(2)24(35)21-14-20-16-28-25(30-34(20)23(21)17-4-6-18(26)7-5-17)29-22-9-8-19(15-27-22)33-12-10-32(3)11-13-33/h4-9,14-16H,10-13H2,1-3H3,(H,27,29,30). The lowest BCUT2D eigenvalue weighted by atomic mass is 10.1. The van der Waals surface area contributed by atoms with E-state index in [1.165, 1.54) is 0 Å². The minimum Gasteiger partial charge on any atom is -0.368 e. The van der Waals surface area contributed by atoms with Gasteiger partial charge >= 0.3 is 0 Å². The molecule has 1 fully saturated rings. The first-order valence-electron chi connectivity index (χ1n) is 11.4. The normalized spacial score (nSPS) is 14.3. The van der Waals surface area contributed by atoms with Crippen LogP contribution in [0.2, 0.25) is 5.02 Å². The van der Waals surface area contributed by atoms with Gasteiger partial charge in [-0.15, -0.1) is 5.10 Å². The van der Waals surface area contributed by atoms with E-state index in [1.807, 2.05) is 24.4 Å². The Morgan fingerprint density at radius 3 is 2.40 bits per heavy atom. The number of fused-ring (bicyclic) bond motifs is 1. The van der Waals surface area contributed by atoms with Gasteiger partial charge in [0.1, 0.15) is 5.82 Å². The molecule has 0 bridgehead atoms. The molecule has 35 heavy (non-hydrogen) atoms. The SMILES string of the molecule is CN1CCN(c2ccc(Nc3ncc4cc(C(=O)N(C)C)c(-c5ccc(Cl)cc5)n4n3)nc2)CC1. The molecule has 0 atom stereocenters. The third-order valence-electron chi connectivity index (χ3n) is 6.13. The van der Waals surface area contributed by atoms with Crippen LogP contribution in [-0.2, 0) is 0 Å². The maximum atomic E-state index is 12.9. The fraction of sp³-hybridized carbons (Fsp3) is 0.280. The fourth-order valence-corrected chi connectivity index (χ4v) is 4.27. The number of carbonyl (C=O) groups is 1. The van der Waals surface area contributed by atoms with Crippen LogP contribution in [0.15, 0.2) is 54.9 Å². The van der Waals surface area contributed by atoms with E-state index in [0.717, 1.165) is 37.4 Å². The molecule has 0 radical (unpaired) electrons. The Hall–Kier alpha value is -3.69. The first-order valence-corrected chi connectivity index (χ1v) is 11.8. The number of nitrogens with one attached hydrogen (secondary N) is 1. The number of amides is 1. The van der Waals surface area contributed by atoms with Gasteiger partial charge in [0.25, 0.3) is 5.91 Å². The van der Waals surface area contributed by atoms with E-state index in [1.54, 1.807) is 47.9 Å². The topological polar surface area (TPSA) is 81.9 Å². The number of likely N-dealkylation sites (N-methyl/N-ethyl adjacent to an activating group) is 1. The Labute approximate surface area is 208 Å². The van der Waals surface area contributed by atoms with Crippen molar-refractivity contribution in [3.05, 3.63) is 65.4 Å². The molecule has 3 aromatic heterocycles. The molecule has 4 heterocycles. The summed E-state index contributed by atoms with van der Waals surface area (Å²) in [6, 6.07) is 13.1. The van der Waals surface area contributed by atoms with Crippen LogP contribution < -0.4 is 10.2 Å². The quantitative estimate of drug-likeness (QED) is 0.457. The van der Waals surface area contributed by atoms with Gasteiger partial charge in [-0.25, -0.2) is 14.5 Å². The van der Waals surface area contributed by atoms with Gasteiger partial charge in [-0.3, -0.25) is 4.79 Å². The van der Waals surface area contributed by atoms with E-state index < -0.39 is 0 Å². The average molecular weight is 491 g/mol. The second-order valence-electron chi connectivity index (χ2n) is 8.85. The molecule has 9 nitrogen and oxygen atoms in total. The fourth-order valence-electron chi connectivity index (χ4n) is 4.14. The Kier molecular flexibility index (Phi) is 6.27. The first-order chi connectivity index (χ1) is 16.9. The zero-order chi connectivity index (χ0) is 24.5. The molecule has 0 spiro atoms. The van der Waals surface area contributed by atoms with Crippen molar-refractivity contribution in [1.29, 1.82) is 0 Å². The van der Waals surface area contributed by atoms with E-state index in [4.69, 9.17) is 11.6 Å². The van der Waals surface area contributed by atoms with Crippen molar-refractivity contribution in [2.75, 3.05) is 57.5 Å². The predicted molar refractivity (Wildman–Crippen MR) is 139 cm³/mol. The number of nitrogens with zero attached hydrogens (tertiary/aromatic N) is 7. The van der Waals surface area contributed by atoms with Crippen molar-refractivity contribution >= 4 is 40.5 Å². The Morgan fingerprint density at radius 2 is 1.74 bits per heavy atom. The summed E-state index contributed by atoms with van der Waals surface area (Å²) in [4.78, 5) is 28.2. The number of benzene rings is 1. The van der Waals surface area contributed by atoms with Gasteiger partial charge in [0.05, 0.1) is 34.9 Å². The van der Waals surface area contributed by atoms with Gasteiger partial charge in [0, 0.05) is 50.9 Å². The van der Waals surface area contributed by atoms with E-state index in [-0.39, 0.29) is 5.91 Å². The monoisotopic (exact) mass is 490 g/mol. The van der Waals surface area contributed by atoms with Gasteiger partial charge < -0.3 is 20.0 Å². The van der Waals surface area contributed by atoms with Crippen LogP contribution in [0.1, 0.15) is 10.4 Å². The summed E-state index contributed by atoms with van der Waals surface area (Å²) in [7, 11) is 5.60. The Bertz CT molecular complexity index is 1340. The second-order valence-corrected chi connectivity index (χ2v) is 9.28. The van der Waals surface area contributed by atoms with Gasteiger partial charge in [0.15, 0.2) is 0 Å². The van der Waals surface area contributed by atoms with Gasteiger partial charge in [0.2, 0.25) is 5.95 Å². The smallest absolute Gasteiger partial charge is 0.255 e. The predicted octanol–water partition coefficient (Wildman–Crippen LogP) is 3.64. The molecule has 1 N–H and O–H groups in total. The van der Waals surface area contributed by atoms with Crippen molar-refractivity contribution in [3.63, 3.8) is 0 Å². The molecule has 5 rings (SSSR count). The molecule has 1 amide bonds. The van der Waals surface area contributed by atoms with Gasteiger partial charge in [-0.2, -0.15) is 0 Å². The van der Waals surface area contributed by atoms with E-state index in [9.17, 15) is 4.79 Å². The van der Waals surface area contributed by atoms with Crippen molar-refractivity contribution in [1.82, 2.24) is 29.4 Å². The number of halogens is 1. The molecule has 4 aromatic rings.